The quantitative estimate of drug-likeness (QED) is 0.836. The van der Waals surface area contributed by atoms with Crippen LogP contribution >= 0.6 is 0 Å². The van der Waals surface area contributed by atoms with Crippen LogP contribution in [0, 0.1) is 6.92 Å². The fraction of sp³-hybridized carbons (Fsp3) is 0.231. The molecule has 2 aromatic rings. The SMILES string of the molecule is COc1ccccc1-c1cc(C(F)(F)F)nc(C)n1. The van der Waals surface area contributed by atoms with Crippen LogP contribution in [0.5, 0.6) is 5.75 Å². The predicted molar refractivity (Wildman–Crippen MR) is 63.8 cm³/mol. The molecule has 1 aromatic heterocycles. The molecule has 0 N–H and O–H groups in total. The number of nitrogens with zero attached hydrogens (tertiary/aromatic N) is 2. The van der Waals surface area contributed by atoms with Gasteiger partial charge in [-0.15, -0.1) is 0 Å². The van der Waals surface area contributed by atoms with Gasteiger partial charge in [0.05, 0.1) is 12.8 Å². The van der Waals surface area contributed by atoms with Gasteiger partial charge in [0.1, 0.15) is 17.3 Å². The van der Waals surface area contributed by atoms with E-state index in [1.54, 1.807) is 24.3 Å². The topological polar surface area (TPSA) is 35.0 Å². The fourth-order valence-electron chi connectivity index (χ4n) is 1.71. The highest BCUT2D eigenvalue weighted by Crippen LogP contribution is 2.33. The number of para-hydroxylation sites is 1. The van der Waals surface area contributed by atoms with Gasteiger partial charge in [-0.25, -0.2) is 9.97 Å². The number of ether oxygens (including phenoxy) is 1. The third-order valence-electron chi connectivity index (χ3n) is 2.51. The maximum absolute atomic E-state index is 12.7. The molecule has 0 saturated heterocycles. The van der Waals surface area contributed by atoms with Crippen molar-refractivity contribution in [1.29, 1.82) is 0 Å². The van der Waals surface area contributed by atoms with Gasteiger partial charge < -0.3 is 4.74 Å². The molecule has 0 saturated carbocycles. The number of methoxy groups -OCH3 is 1. The van der Waals surface area contributed by atoms with Crippen LogP contribution in [0.4, 0.5) is 13.2 Å². The number of hydrogen-bond acceptors (Lipinski definition) is 3. The summed E-state index contributed by atoms with van der Waals surface area (Å²) in [5.74, 6) is 0.532. The van der Waals surface area contributed by atoms with Gasteiger partial charge in [0.25, 0.3) is 0 Å². The number of hydrogen-bond donors (Lipinski definition) is 0. The minimum Gasteiger partial charge on any atom is -0.496 e. The first-order valence-electron chi connectivity index (χ1n) is 5.48. The highest BCUT2D eigenvalue weighted by atomic mass is 19.4. The molecular weight excluding hydrogens is 257 g/mol. The summed E-state index contributed by atoms with van der Waals surface area (Å²) in [6.45, 7) is 1.42. The minimum absolute atomic E-state index is 0.0655. The van der Waals surface area contributed by atoms with Crippen LogP contribution in [0.15, 0.2) is 30.3 Å². The Balaban J connectivity index is 2.60. The Labute approximate surface area is 108 Å². The lowest BCUT2D eigenvalue weighted by Crippen LogP contribution is -2.10. The van der Waals surface area contributed by atoms with Gasteiger partial charge in [0.2, 0.25) is 0 Å². The molecule has 1 heterocycles. The molecule has 0 aliphatic rings. The first-order valence-corrected chi connectivity index (χ1v) is 5.48. The lowest BCUT2D eigenvalue weighted by molar-refractivity contribution is -0.141. The lowest BCUT2D eigenvalue weighted by atomic mass is 10.1. The van der Waals surface area contributed by atoms with E-state index in [0.717, 1.165) is 6.07 Å². The first-order chi connectivity index (χ1) is 8.91. The van der Waals surface area contributed by atoms with E-state index in [1.807, 2.05) is 0 Å². The average molecular weight is 268 g/mol. The molecule has 0 fully saturated rings. The second kappa shape index (κ2) is 4.87. The number of benzene rings is 1. The van der Waals surface area contributed by atoms with Gasteiger partial charge in [-0.2, -0.15) is 13.2 Å². The summed E-state index contributed by atoms with van der Waals surface area (Å²) in [5, 5.41) is 0. The van der Waals surface area contributed by atoms with Crippen LogP contribution in [-0.4, -0.2) is 17.1 Å². The number of halogens is 3. The Hall–Kier alpha value is -2.11. The van der Waals surface area contributed by atoms with Crippen molar-refractivity contribution in [2.45, 2.75) is 13.1 Å². The van der Waals surface area contributed by atoms with E-state index in [0.29, 0.717) is 11.3 Å². The number of aryl methyl sites for hydroxylation is 1. The van der Waals surface area contributed by atoms with E-state index < -0.39 is 11.9 Å². The largest absolute Gasteiger partial charge is 0.496 e. The van der Waals surface area contributed by atoms with Gasteiger partial charge in [0.15, 0.2) is 0 Å². The molecule has 0 unspecified atom stereocenters. The van der Waals surface area contributed by atoms with Crippen LogP contribution < -0.4 is 4.74 Å². The second-order valence-corrected chi connectivity index (χ2v) is 3.88. The van der Waals surface area contributed by atoms with E-state index in [9.17, 15) is 13.2 Å². The number of rotatable bonds is 2. The van der Waals surface area contributed by atoms with Crippen molar-refractivity contribution in [2.24, 2.45) is 0 Å². The zero-order chi connectivity index (χ0) is 14.0. The Bertz CT molecular complexity index is 597. The summed E-state index contributed by atoms with van der Waals surface area (Å²) in [4.78, 5) is 7.44. The van der Waals surface area contributed by atoms with Crippen molar-refractivity contribution in [3.63, 3.8) is 0 Å². The third-order valence-corrected chi connectivity index (χ3v) is 2.51. The van der Waals surface area contributed by atoms with Gasteiger partial charge in [0, 0.05) is 5.56 Å². The van der Waals surface area contributed by atoms with E-state index in [1.165, 1.54) is 14.0 Å². The van der Waals surface area contributed by atoms with Gasteiger partial charge >= 0.3 is 6.18 Å². The van der Waals surface area contributed by atoms with E-state index in [4.69, 9.17) is 4.74 Å². The molecular formula is C13H11F3N2O. The zero-order valence-corrected chi connectivity index (χ0v) is 10.3. The monoisotopic (exact) mass is 268 g/mol. The van der Waals surface area contributed by atoms with Gasteiger partial charge in [-0.3, -0.25) is 0 Å². The van der Waals surface area contributed by atoms with E-state index >= 15 is 0 Å². The molecule has 100 valence electrons. The van der Waals surface area contributed by atoms with E-state index in [2.05, 4.69) is 9.97 Å². The van der Waals surface area contributed by atoms with Crippen LogP contribution in [-0.2, 0) is 6.18 Å². The molecule has 0 atom stereocenters. The highest BCUT2D eigenvalue weighted by Gasteiger charge is 2.33. The highest BCUT2D eigenvalue weighted by molar-refractivity contribution is 5.67. The average Bonchev–Trinajstić information content (AvgIpc) is 2.37. The second-order valence-electron chi connectivity index (χ2n) is 3.88. The standard InChI is InChI=1S/C13H11F3N2O/c1-8-17-10(7-12(18-8)13(14,15)16)9-5-3-4-6-11(9)19-2/h3-7H,1-2H3. The maximum Gasteiger partial charge on any atom is 0.433 e. The molecule has 0 amide bonds. The maximum atomic E-state index is 12.7. The van der Waals surface area contributed by atoms with Crippen LogP contribution in [0.25, 0.3) is 11.3 Å². The Kier molecular flexibility index (Phi) is 3.42. The summed E-state index contributed by atoms with van der Waals surface area (Å²) < 4.78 is 43.3. The molecule has 0 spiro atoms. The molecule has 0 aliphatic heterocycles. The Morgan fingerprint density at radius 2 is 1.79 bits per heavy atom. The number of alkyl halides is 3. The fourth-order valence-corrected chi connectivity index (χ4v) is 1.71. The summed E-state index contributed by atoms with van der Waals surface area (Å²) >= 11 is 0. The zero-order valence-electron chi connectivity index (χ0n) is 10.3. The number of aromatic nitrogens is 2. The normalized spacial score (nSPS) is 11.4. The van der Waals surface area contributed by atoms with Gasteiger partial charge in [-0.1, -0.05) is 12.1 Å². The van der Waals surface area contributed by atoms with Crippen LogP contribution in [0.3, 0.4) is 0 Å². The molecule has 2 rings (SSSR count). The summed E-state index contributed by atoms with van der Waals surface area (Å²) in [5.41, 5.74) is -0.265. The molecule has 19 heavy (non-hydrogen) atoms. The molecule has 3 nitrogen and oxygen atoms in total. The molecule has 1 aromatic carbocycles. The predicted octanol–water partition coefficient (Wildman–Crippen LogP) is 3.48. The molecule has 0 radical (unpaired) electrons. The van der Waals surface area contributed by atoms with Crippen LogP contribution in [0.1, 0.15) is 11.5 Å². The van der Waals surface area contributed by atoms with Crippen molar-refractivity contribution in [3.05, 3.63) is 41.9 Å². The van der Waals surface area contributed by atoms with Crippen molar-refractivity contribution in [1.82, 2.24) is 9.97 Å². The van der Waals surface area contributed by atoms with Gasteiger partial charge in [-0.05, 0) is 25.1 Å². The van der Waals surface area contributed by atoms with Crippen molar-refractivity contribution >= 4 is 0 Å². The van der Waals surface area contributed by atoms with E-state index in [-0.39, 0.29) is 11.5 Å². The third kappa shape index (κ3) is 2.83. The summed E-state index contributed by atoms with van der Waals surface area (Å²) in [6.07, 6.45) is -4.50. The smallest absolute Gasteiger partial charge is 0.433 e. The molecule has 6 heteroatoms. The van der Waals surface area contributed by atoms with Crippen LogP contribution in [0.2, 0.25) is 0 Å². The van der Waals surface area contributed by atoms with Crippen molar-refractivity contribution < 1.29 is 17.9 Å². The Morgan fingerprint density at radius 1 is 1.11 bits per heavy atom. The molecule has 0 aliphatic carbocycles. The first kappa shape index (κ1) is 13.3. The summed E-state index contributed by atoms with van der Waals surface area (Å²) in [7, 11) is 1.46. The summed E-state index contributed by atoms with van der Waals surface area (Å²) in [6, 6.07) is 7.69. The minimum atomic E-state index is -4.50. The molecule has 0 bridgehead atoms. The van der Waals surface area contributed by atoms with Crippen molar-refractivity contribution in [2.75, 3.05) is 7.11 Å². The Morgan fingerprint density at radius 3 is 2.42 bits per heavy atom. The van der Waals surface area contributed by atoms with Crippen molar-refractivity contribution in [3.8, 4) is 17.0 Å². The lowest BCUT2D eigenvalue weighted by Gasteiger charge is -2.11.